The van der Waals surface area contributed by atoms with Crippen LogP contribution >= 0.6 is 0 Å². The SMILES string of the molecule is O=S(=O)(c1ccc(C(F)(F)F)cc1)n1cc(C2CCCNC2)c2cccnc21. The van der Waals surface area contributed by atoms with Gasteiger partial charge in [0.25, 0.3) is 10.0 Å². The molecule has 0 radical (unpaired) electrons. The quantitative estimate of drug-likeness (QED) is 0.716. The minimum absolute atomic E-state index is 0.157. The fourth-order valence-electron chi connectivity index (χ4n) is 3.61. The molecule has 9 heteroatoms. The molecular formula is C19H18F3N3O2S. The minimum Gasteiger partial charge on any atom is -0.316 e. The van der Waals surface area contributed by atoms with E-state index in [9.17, 15) is 21.6 Å². The van der Waals surface area contributed by atoms with E-state index in [-0.39, 0.29) is 16.5 Å². The van der Waals surface area contributed by atoms with Crippen molar-refractivity contribution in [2.45, 2.75) is 29.8 Å². The van der Waals surface area contributed by atoms with Crippen molar-refractivity contribution < 1.29 is 21.6 Å². The van der Waals surface area contributed by atoms with Gasteiger partial charge in [0, 0.05) is 24.3 Å². The number of benzene rings is 1. The minimum atomic E-state index is -4.52. The monoisotopic (exact) mass is 409 g/mol. The summed E-state index contributed by atoms with van der Waals surface area (Å²) in [5, 5.41) is 4.05. The van der Waals surface area contributed by atoms with Gasteiger partial charge in [0.1, 0.15) is 0 Å². The third kappa shape index (κ3) is 3.29. The maximum atomic E-state index is 13.1. The van der Waals surface area contributed by atoms with Crippen LogP contribution in [0.3, 0.4) is 0 Å². The van der Waals surface area contributed by atoms with Crippen LogP contribution in [0.2, 0.25) is 0 Å². The van der Waals surface area contributed by atoms with Crippen LogP contribution < -0.4 is 5.32 Å². The maximum absolute atomic E-state index is 13.1. The number of hydrogen-bond donors (Lipinski definition) is 1. The van der Waals surface area contributed by atoms with Crippen molar-refractivity contribution in [3.8, 4) is 0 Å². The number of rotatable bonds is 3. The molecule has 1 unspecified atom stereocenters. The number of halogens is 3. The summed E-state index contributed by atoms with van der Waals surface area (Å²) in [5.41, 5.74) is 0.268. The zero-order chi connectivity index (χ0) is 19.9. The molecule has 1 aliphatic rings. The highest BCUT2D eigenvalue weighted by molar-refractivity contribution is 7.90. The van der Waals surface area contributed by atoms with Crippen molar-refractivity contribution in [2.75, 3.05) is 13.1 Å². The van der Waals surface area contributed by atoms with Crippen molar-refractivity contribution in [3.05, 3.63) is 59.9 Å². The van der Waals surface area contributed by atoms with E-state index < -0.39 is 21.8 Å². The molecule has 3 heterocycles. The van der Waals surface area contributed by atoms with E-state index in [1.807, 2.05) is 6.07 Å². The zero-order valence-corrected chi connectivity index (χ0v) is 15.6. The van der Waals surface area contributed by atoms with E-state index in [1.165, 1.54) is 6.20 Å². The van der Waals surface area contributed by atoms with Crippen LogP contribution in [0.5, 0.6) is 0 Å². The first-order valence-corrected chi connectivity index (χ1v) is 10.3. The maximum Gasteiger partial charge on any atom is 0.416 e. The van der Waals surface area contributed by atoms with E-state index in [1.54, 1.807) is 12.3 Å². The van der Waals surface area contributed by atoms with Crippen LogP contribution in [0, 0.1) is 0 Å². The summed E-state index contributed by atoms with van der Waals surface area (Å²) in [7, 11) is -4.08. The Morgan fingerprint density at radius 2 is 1.89 bits per heavy atom. The lowest BCUT2D eigenvalue weighted by Crippen LogP contribution is -2.28. The number of piperidine rings is 1. The van der Waals surface area contributed by atoms with Gasteiger partial charge in [-0.15, -0.1) is 0 Å². The summed E-state index contributed by atoms with van der Waals surface area (Å²) in [6.07, 6.45) is 0.460. The van der Waals surface area contributed by atoms with Gasteiger partial charge in [-0.25, -0.2) is 17.4 Å². The molecule has 0 amide bonds. The molecule has 1 atom stereocenters. The Morgan fingerprint density at radius 3 is 2.54 bits per heavy atom. The largest absolute Gasteiger partial charge is 0.416 e. The molecule has 2 aromatic heterocycles. The molecule has 28 heavy (non-hydrogen) atoms. The second kappa shape index (κ2) is 6.89. The fourth-order valence-corrected chi connectivity index (χ4v) is 4.94. The third-order valence-corrected chi connectivity index (χ3v) is 6.70. The number of alkyl halides is 3. The number of nitrogens with one attached hydrogen (secondary N) is 1. The molecule has 1 aromatic carbocycles. The summed E-state index contributed by atoms with van der Waals surface area (Å²) >= 11 is 0. The van der Waals surface area contributed by atoms with E-state index in [0.29, 0.717) is 0 Å². The molecule has 5 nitrogen and oxygen atoms in total. The number of nitrogens with zero attached hydrogens (tertiary/aromatic N) is 2. The molecule has 1 N–H and O–H groups in total. The summed E-state index contributed by atoms with van der Waals surface area (Å²) in [6, 6.07) is 7.09. The number of fused-ring (bicyclic) bond motifs is 1. The average molecular weight is 409 g/mol. The Bertz CT molecular complexity index is 1100. The molecule has 0 spiro atoms. The lowest BCUT2D eigenvalue weighted by Gasteiger charge is -2.22. The van der Waals surface area contributed by atoms with Gasteiger partial charge in [0.15, 0.2) is 5.65 Å². The summed E-state index contributed by atoms with van der Waals surface area (Å²) in [6.45, 7) is 1.67. The van der Waals surface area contributed by atoms with E-state index in [2.05, 4.69) is 10.3 Å². The normalized spacial score (nSPS) is 18.5. The molecule has 1 fully saturated rings. The Hall–Kier alpha value is -2.39. The van der Waals surface area contributed by atoms with Gasteiger partial charge < -0.3 is 5.32 Å². The number of pyridine rings is 1. The number of hydrogen-bond acceptors (Lipinski definition) is 4. The zero-order valence-electron chi connectivity index (χ0n) is 14.8. The second-order valence-electron chi connectivity index (χ2n) is 6.83. The highest BCUT2D eigenvalue weighted by Gasteiger charge is 2.31. The molecular weight excluding hydrogens is 391 g/mol. The van der Waals surface area contributed by atoms with Gasteiger partial charge in [-0.1, -0.05) is 0 Å². The standard InChI is InChI=1S/C19H18F3N3O2S/c20-19(21,22)14-5-7-15(8-6-14)28(26,27)25-12-17(13-3-1-9-23-11-13)16-4-2-10-24-18(16)25/h2,4-8,10,12-13,23H,1,3,9,11H2. The first-order chi connectivity index (χ1) is 13.3. The van der Waals surface area contributed by atoms with Gasteiger partial charge in [0.2, 0.25) is 0 Å². The predicted octanol–water partition coefficient (Wildman–Crippen LogP) is 3.76. The van der Waals surface area contributed by atoms with Crippen LogP contribution in [0.4, 0.5) is 13.2 Å². The molecule has 148 valence electrons. The molecule has 0 aliphatic carbocycles. The predicted molar refractivity (Wildman–Crippen MR) is 98.6 cm³/mol. The van der Waals surface area contributed by atoms with E-state index >= 15 is 0 Å². The van der Waals surface area contributed by atoms with Gasteiger partial charge in [0.05, 0.1) is 10.5 Å². The van der Waals surface area contributed by atoms with Crippen LogP contribution in [0.15, 0.2) is 53.7 Å². The summed E-state index contributed by atoms with van der Waals surface area (Å²) < 4.78 is 65.7. The second-order valence-corrected chi connectivity index (χ2v) is 8.64. The molecule has 0 bridgehead atoms. The van der Waals surface area contributed by atoms with Gasteiger partial charge in [-0.05, 0) is 67.3 Å². The highest BCUT2D eigenvalue weighted by atomic mass is 32.2. The first-order valence-electron chi connectivity index (χ1n) is 8.88. The van der Waals surface area contributed by atoms with Crippen molar-refractivity contribution in [1.82, 2.24) is 14.3 Å². The van der Waals surface area contributed by atoms with Crippen LogP contribution in [-0.2, 0) is 16.2 Å². The van der Waals surface area contributed by atoms with Gasteiger partial charge in [-0.3, -0.25) is 0 Å². The molecule has 4 rings (SSSR count). The van der Waals surface area contributed by atoms with Gasteiger partial charge in [-0.2, -0.15) is 13.2 Å². The Morgan fingerprint density at radius 1 is 1.14 bits per heavy atom. The van der Waals surface area contributed by atoms with Crippen LogP contribution in [0.1, 0.15) is 29.9 Å². The number of aromatic nitrogens is 2. The molecule has 1 saturated heterocycles. The molecule has 0 saturated carbocycles. The van der Waals surface area contributed by atoms with Gasteiger partial charge >= 0.3 is 6.18 Å². The van der Waals surface area contributed by atoms with Crippen molar-refractivity contribution in [1.29, 1.82) is 0 Å². The van der Waals surface area contributed by atoms with E-state index in [0.717, 1.165) is 65.1 Å². The Kier molecular flexibility index (Phi) is 4.67. The third-order valence-electron chi connectivity index (χ3n) is 5.04. The lowest BCUT2D eigenvalue weighted by atomic mass is 9.92. The Labute approximate surface area is 160 Å². The fraction of sp³-hybridized carbons (Fsp3) is 0.316. The lowest BCUT2D eigenvalue weighted by molar-refractivity contribution is -0.137. The smallest absolute Gasteiger partial charge is 0.316 e. The van der Waals surface area contributed by atoms with Crippen LogP contribution in [0.25, 0.3) is 11.0 Å². The average Bonchev–Trinajstić information content (AvgIpc) is 3.09. The van der Waals surface area contributed by atoms with Crippen molar-refractivity contribution in [2.24, 2.45) is 0 Å². The van der Waals surface area contributed by atoms with E-state index in [4.69, 9.17) is 0 Å². The summed E-state index contributed by atoms with van der Waals surface area (Å²) in [5.74, 6) is 0.157. The van der Waals surface area contributed by atoms with Crippen molar-refractivity contribution >= 4 is 21.1 Å². The Balaban J connectivity index is 1.81. The molecule has 1 aliphatic heterocycles. The highest BCUT2D eigenvalue weighted by Crippen LogP contribution is 2.34. The molecule has 3 aromatic rings. The topological polar surface area (TPSA) is 64.0 Å². The van der Waals surface area contributed by atoms with Crippen LogP contribution in [-0.4, -0.2) is 30.5 Å². The van der Waals surface area contributed by atoms with Crippen molar-refractivity contribution in [3.63, 3.8) is 0 Å². The first kappa shape index (κ1) is 18.9. The summed E-state index contributed by atoms with van der Waals surface area (Å²) in [4.78, 5) is 4.02.